The number of ether oxygens (including phenoxy) is 1. The monoisotopic (exact) mass is 258 g/mol. The van der Waals surface area contributed by atoms with Gasteiger partial charge in [-0.3, -0.25) is 4.68 Å². The molecule has 3 rings (SSSR count). The summed E-state index contributed by atoms with van der Waals surface area (Å²) in [4.78, 5) is 0. The summed E-state index contributed by atoms with van der Waals surface area (Å²) in [6.45, 7) is 2.76. The molecule has 0 saturated carbocycles. The van der Waals surface area contributed by atoms with Crippen LogP contribution in [0.2, 0.25) is 0 Å². The molecule has 4 heteroatoms. The Kier molecular flexibility index (Phi) is 3.03. The maximum Gasteiger partial charge on any atom is 0.119 e. The van der Waals surface area contributed by atoms with Gasteiger partial charge in [0.1, 0.15) is 5.75 Å². The quantitative estimate of drug-likeness (QED) is 0.915. The number of hydrogen-bond acceptors (Lipinski definition) is 3. The molecule has 4 nitrogen and oxygen atoms in total. The van der Waals surface area contributed by atoms with E-state index in [1.54, 1.807) is 7.11 Å². The lowest BCUT2D eigenvalue weighted by molar-refractivity contribution is 0.268. The molecule has 0 aliphatic heterocycles. The fraction of sp³-hybridized carbons (Fsp3) is 0.400. The Morgan fingerprint density at radius 3 is 2.95 bits per heavy atom. The fourth-order valence-electron chi connectivity index (χ4n) is 2.81. The largest absolute Gasteiger partial charge is 0.497 e. The van der Waals surface area contributed by atoms with Crippen molar-refractivity contribution < 1.29 is 9.84 Å². The number of fused-ring (bicyclic) bond motifs is 3. The van der Waals surface area contributed by atoms with E-state index in [-0.39, 0.29) is 6.61 Å². The van der Waals surface area contributed by atoms with Crippen molar-refractivity contribution in [1.82, 2.24) is 9.78 Å². The molecule has 0 radical (unpaired) electrons. The number of nitrogens with zero attached hydrogens (tertiary/aromatic N) is 2. The van der Waals surface area contributed by atoms with Crippen molar-refractivity contribution in [2.24, 2.45) is 0 Å². The van der Waals surface area contributed by atoms with Crippen LogP contribution >= 0.6 is 0 Å². The third-order valence-corrected chi connectivity index (χ3v) is 3.85. The Balaban J connectivity index is 2.11. The van der Waals surface area contributed by atoms with Gasteiger partial charge in [0.25, 0.3) is 0 Å². The van der Waals surface area contributed by atoms with Gasteiger partial charge in [0.15, 0.2) is 0 Å². The molecule has 0 spiro atoms. The van der Waals surface area contributed by atoms with Crippen molar-refractivity contribution in [1.29, 1.82) is 0 Å². The predicted octanol–water partition coefficient (Wildman–Crippen LogP) is 1.96. The third-order valence-electron chi connectivity index (χ3n) is 3.85. The molecule has 0 unspecified atom stereocenters. The highest BCUT2D eigenvalue weighted by Crippen LogP contribution is 2.35. The Morgan fingerprint density at radius 2 is 2.21 bits per heavy atom. The van der Waals surface area contributed by atoms with Crippen LogP contribution in [0.15, 0.2) is 18.2 Å². The van der Waals surface area contributed by atoms with Crippen molar-refractivity contribution in [2.45, 2.75) is 26.3 Å². The van der Waals surface area contributed by atoms with Gasteiger partial charge in [-0.15, -0.1) is 0 Å². The maximum absolute atomic E-state index is 9.09. The Bertz CT molecular complexity index is 617. The van der Waals surface area contributed by atoms with Crippen LogP contribution in [0.25, 0.3) is 11.3 Å². The number of methoxy groups -OCH3 is 1. The number of benzene rings is 1. The zero-order valence-corrected chi connectivity index (χ0v) is 11.3. The molecule has 0 fully saturated rings. The summed E-state index contributed by atoms with van der Waals surface area (Å²) in [5.74, 6) is 0.897. The van der Waals surface area contributed by atoms with Gasteiger partial charge in [0, 0.05) is 16.8 Å². The van der Waals surface area contributed by atoms with Gasteiger partial charge in [-0.25, -0.2) is 0 Å². The highest BCUT2D eigenvalue weighted by atomic mass is 16.5. The zero-order valence-electron chi connectivity index (χ0n) is 11.3. The molecular formula is C15H18N2O2. The van der Waals surface area contributed by atoms with Crippen LogP contribution in [0.3, 0.4) is 0 Å². The third kappa shape index (κ3) is 1.92. The molecule has 1 aliphatic rings. The summed E-state index contributed by atoms with van der Waals surface area (Å²) in [6, 6.07) is 6.16. The van der Waals surface area contributed by atoms with E-state index in [1.165, 1.54) is 22.4 Å². The van der Waals surface area contributed by atoms with E-state index in [1.807, 2.05) is 10.7 Å². The SMILES string of the molecule is COc1ccc2c(c1)CCc1c-2nn(CCO)c1C. The average Bonchev–Trinajstić information content (AvgIpc) is 2.76. The van der Waals surface area contributed by atoms with Crippen molar-refractivity contribution >= 4 is 0 Å². The summed E-state index contributed by atoms with van der Waals surface area (Å²) in [5, 5.41) is 13.7. The number of aromatic nitrogens is 2. The summed E-state index contributed by atoms with van der Waals surface area (Å²) >= 11 is 0. The van der Waals surface area contributed by atoms with Crippen LogP contribution < -0.4 is 4.74 Å². The van der Waals surface area contributed by atoms with Crippen molar-refractivity contribution in [3.05, 3.63) is 35.0 Å². The van der Waals surface area contributed by atoms with E-state index in [0.717, 1.165) is 24.3 Å². The lowest BCUT2D eigenvalue weighted by atomic mass is 9.89. The molecule has 0 atom stereocenters. The topological polar surface area (TPSA) is 47.3 Å². The van der Waals surface area contributed by atoms with E-state index in [4.69, 9.17) is 9.84 Å². The van der Waals surface area contributed by atoms with Crippen molar-refractivity contribution in [3.63, 3.8) is 0 Å². The number of aryl methyl sites for hydroxylation is 1. The van der Waals surface area contributed by atoms with E-state index in [0.29, 0.717) is 6.54 Å². The standard InChI is InChI=1S/C15H18N2O2/c1-10-13-5-3-11-9-12(19-2)4-6-14(11)15(13)16-17(10)7-8-18/h4,6,9,18H,3,5,7-8H2,1-2H3. The molecule has 1 N–H and O–H groups in total. The smallest absolute Gasteiger partial charge is 0.119 e. The van der Waals surface area contributed by atoms with Gasteiger partial charge in [-0.1, -0.05) is 0 Å². The molecule has 1 heterocycles. The fourth-order valence-corrected chi connectivity index (χ4v) is 2.81. The molecule has 19 heavy (non-hydrogen) atoms. The minimum atomic E-state index is 0.122. The van der Waals surface area contributed by atoms with Gasteiger partial charge in [0.2, 0.25) is 0 Å². The highest BCUT2D eigenvalue weighted by Gasteiger charge is 2.22. The molecule has 1 aromatic carbocycles. The van der Waals surface area contributed by atoms with Crippen LogP contribution in [0.4, 0.5) is 0 Å². The second kappa shape index (κ2) is 4.70. The van der Waals surface area contributed by atoms with Crippen LogP contribution in [0.1, 0.15) is 16.8 Å². The van der Waals surface area contributed by atoms with Crippen molar-refractivity contribution in [2.75, 3.05) is 13.7 Å². The summed E-state index contributed by atoms with van der Waals surface area (Å²) in [7, 11) is 1.69. The van der Waals surface area contributed by atoms with Gasteiger partial charge in [-0.05, 0) is 43.5 Å². The highest BCUT2D eigenvalue weighted by molar-refractivity contribution is 5.71. The molecule has 2 aromatic rings. The Morgan fingerprint density at radius 1 is 1.37 bits per heavy atom. The number of rotatable bonds is 3. The Labute approximate surface area is 112 Å². The van der Waals surface area contributed by atoms with Crippen LogP contribution in [-0.2, 0) is 19.4 Å². The first-order valence-electron chi connectivity index (χ1n) is 6.59. The van der Waals surface area contributed by atoms with Crippen LogP contribution in [0, 0.1) is 6.92 Å². The van der Waals surface area contributed by atoms with Gasteiger partial charge < -0.3 is 9.84 Å². The minimum absolute atomic E-state index is 0.122. The second-order valence-corrected chi connectivity index (χ2v) is 4.88. The molecule has 1 aromatic heterocycles. The first-order chi connectivity index (χ1) is 9.24. The lowest BCUT2D eigenvalue weighted by Gasteiger charge is -2.16. The summed E-state index contributed by atoms with van der Waals surface area (Å²) in [5.41, 5.74) is 6.04. The maximum atomic E-state index is 9.09. The summed E-state index contributed by atoms with van der Waals surface area (Å²) < 4.78 is 7.18. The second-order valence-electron chi connectivity index (χ2n) is 4.88. The number of hydrogen-bond donors (Lipinski definition) is 1. The first-order valence-corrected chi connectivity index (χ1v) is 6.59. The molecule has 1 aliphatic carbocycles. The molecule has 0 amide bonds. The normalized spacial score (nSPS) is 13.0. The van der Waals surface area contributed by atoms with Crippen molar-refractivity contribution in [3.8, 4) is 17.0 Å². The van der Waals surface area contributed by atoms with E-state index in [2.05, 4.69) is 24.2 Å². The zero-order chi connectivity index (χ0) is 13.4. The lowest BCUT2D eigenvalue weighted by Crippen LogP contribution is -2.06. The first kappa shape index (κ1) is 12.2. The van der Waals surface area contributed by atoms with E-state index >= 15 is 0 Å². The molecule has 0 saturated heterocycles. The van der Waals surface area contributed by atoms with E-state index in [9.17, 15) is 0 Å². The number of aliphatic hydroxyl groups is 1. The van der Waals surface area contributed by atoms with Gasteiger partial charge >= 0.3 is 0 Å². The minimum Gasteiger partial charge on any atom is -0.497 e. The molecule has 100 valence electrons. The Hall–Kier alpha value is -1.81. The van der Waals surface area contributed by atoms with Gasteiger partial charge in [-0.2, -0.15) is 5.10 Å². The van der Waals surface area contributed by atoms with E-state index < -0.39 is 0 Å². The predicted molar refractivity (Wildman–Crippen MR) is 73.4 cm³/mol. The van der Waals surface area contributed by atoms with Crippen LogP contribution in [-0.4, -0.2) is 28.6 Å². The summed E-state index contributed by atoms with van der Waals surface area (Å²) in [6.07, 6.45) is 2.03. The average molecular weight is 258 g/mol. The molecule has 0 bridgehead atoms. The number of aliphatic hydroxyl groups excluding tert-OH is 1. The molecular weight excluding hydrogens is 240 g/mol. The van der Waals surface area contributed by atoms with Crippen LogP contribution in [0.5, 0.6) is 5.75 Å². The van der Waals surface area contributed by atoms with Gasteiger partial charge in [0.05, 0.1) is 26.0 Å².